The number of rotatable bonds is 1. The molecule has 0 fully saturated rings. The summed E-state index contributed by atoms with van der Waals surface area (Å²) < 4.78 is 5.05. The number of benzene rings is 3. The second kappa shape index (κ2) is 4.20. The van der Waals surface area contributed by atoms with Crippen LogP contribution in [0.4, 0.5) is 0 Å². The number of carbonyl (C=O) groups excluding carboxylic acids is 1. The van der Waals surface area contributed by atoms with E-state index in [4.69, 9.17) is 4.74 Å². The Morgan fingerprint density at radius 3 is 2.30 bits per heavy atom. The van der Waals surface area contributed by atoms with Crippen LogP contribution < -0.4 is 0 Å². The second-order valence-electron chi connectivity index (χ2n) is 4.97. The van der Waals surface area contributed by atoms with E-state index >= 15 is 0 Å². The molecule has 0 N–H and O–H groups in total. The molecule has 0 aromatic heterocycles. The summed E-state index contributed by atoms with van der Waals surface area (Å²) in [6.07, 6.45) is 1.59. The van der Waals surface area contributed by atoms with Gasteiger partial charge in [0.05, 0.1) is 0 Å². The first kappa shape index (κ1) is 11.2. The molecular weight excluding hydrogens is 248 g/mol. The van der Waals surface area contributed by atoms with Gasteiger partial charge in [0.2, 0.25) is 0 Å². The molecule has 0 amide bonds. The monoisotopic (exact) mass is 260 g/mol. The van der Waals surface area contributed by atoms with Crippen molar-refractivity contribution in [2.24, 2.45) is 0 Å². The maximum atomic E-state index is 11.3. The van der Waals surface area contributed by atoms with Crippen LogP contribution in [0.25, 0.3) is 27.1 Å². The zero-order chi connectivity index (χ0) is 13.5. The first-order valence-corrected chi connectivity index (χ1v) is 6.61. The molecule has 1 aliphatic rings. The van der Waals surface area contributed by atoms with Crippen LogP contribution in [0.15, 0.2) is 60.7 Å². The molecule has 0 atom stereocenters. The molecule has 3 aromatic rings. The van der Waals surface area contributed by atoms with E-state index in [1.807, 2.05) is 18.2 Å². The van der Waals surface area contributed by atoms with E-state index in [1.165, 1.54) is 16.2 Å². The highest BCUT2D eigenvalue weighted by atomic mass is 16.5. The molecular formula is C18H12O2. The molecule has 0 unspecified atom stereocenters. The lowest BCUT2D eigenvalue weighted by Gasteiger charge is -2.10. The normalized spacial score (nSPS) is 14.6. The van der Waals surface area contributed by atoms with Crippen LogP contribution in [0.1, 0.15) is 5.56 Å². The van der Waals surface area contributed by atoms with Crippen LogP contribution in [-0.2, 0) is 9.53 Å². The molecule has 0 radical (unpaired) electrons. The van der Waals surface area contributed by atoms with Crippen molar-refractivity contribution in [1.29, 1.82) is 0 Å². The van der Waals surface area contributed by atoms with Gasteiger partial charge >= 0.3 is 5.97 Å². The van der Waals surface area contributed by atoms with E-state index in [0.29, 0.717) is 6.61 Å². The Balaban J connectivity index is 2.13. The highest BCUT2D eigenvalue weighted by Gasteiger charge is 2.17. The molecule has 20 heavy (non-hydrogen) atoms. The van der Waals surface area contributed by atoms with Gasteiger partial charge in [-0.05, 0) is 33.2 Å². The smallest absolute Gasteiger partial charge is 0.331 e. The number of hydrogen-bond acceptors (Lipinski definition) is 2. The predicted octanol–water partition coefficient (Wildman–Crippen LogP) is 3.93. The summed E-state index contributed by atoms with van der Waals surface area (Å²) in [6.45, 7) is 0.362. The Morgan fingerprint density at radius 2 is 1.55 bits per heavy atom. The Bertz CT molecular complexity index is 875. The van der Waals surface area contributed by atoms with Crippen LogP contribution in [0, 0.1) is 0 Å². The first-order chi connectivity index (χ1) is 9.83. The van der Waals surface area contributed by atoms with Crippen LogP contribution in [-0.4, -0.2) is 12.6 Å². The summed E-state index contributed by atoms with van der Waals surface area (Å²) in [5.41, 5.74) is 2.04. The van der Waals surface area contributed by atoms with Gasteiger partial charge in [0.25, 0.3) is 0 Å². The van der Waals surface area contributed by atoms with E-state index in [1.54, 1.807) is 6.08 Å². The number of cyclic esters (lactones) is 1. The second-order valence-corrected chi connectivity index (χ2v) is 4.97. The Kier molecular flexibility index (Phi) is 2.36. The minimum Gasteiger partial charge on any atom is -0.458 e. The number of esters is 1. The molecule has 1 heterocycles. The molecule has 96 valence electrons. The Morgan fingerprint density at radius 1 is 0.850 bits per heavy atom. The van der Waals surface area contributed by atoms with Gasteiger partial charge in [-0.3, -0.25) is 0 Å². The average Bonchev–Trinajstić information content (AvgIpc) is 2.93. The molecule has 0 spiro atoms. The van der Waals surface area contributed by atoms with Crippen LogP contribution in [0.5, 0.6) is 0 Å². The average molecular weight is 260 g/mol. The summed E-state index contributed by atoms with van der Waals surface area (Å²) in [7, 11) is 0. The number of carbonyl (C=O) groups is 1. The summed E-state index contributed by atoms with van der Waals surface area (Å²) in [6, 6.07) is 18.8. The van der Waals surface area contributed by atoms with Crippen molar-refractivity contribution >= 4 is 33.1 Å². The van der Waals surface area contributed by atoms with Gasteiger partial charge < -0.3 is 4.74 Å². The molecule has 0 saturated carbocycles. The summed E-state index contributed by atoms with van der Waals surface area (Å²) in [5.74, 6) is -0.253. The third-order valence-electron chi connectivity index (χ3n) is 3.78. The zero-order valence-electron chi connectivity index (χ0n) is 10.8. The maximum absolute atomic E-state index is 11.3. The molecule has 1 aliphatic heterocycles. The third-order valence-corrected chi connectivity index (χ3v) is 3.78. The van der Waals surface area contributed by atoms with Gasteiger partial charge in [0, 0.05) is 11.6 Å². The highest BCUT2D eigenvalue weighted by Crippen LogP contribution is 2.33. The van der Waals surface area contributed by atoms with Gasteiger partial charge in [-0.1, -0.05) is 48.5 Å². The highest BCUT2D eigenvalue weighted by molar-refractivity contribution is 6.13. The molecule has 3 aromatic carbocycles. The summed E-state index contributed by atoms with van der Waals surface area (Å²) in [5, 5.41) is 4.79. The van der Waals surface area contributed by atoms with E-state index < -0.39 is 0 Å². The number of fused-ring (bicyclic) bond motifs is 3. The topological polar surface area (TPSA) is 26.3 Å². The van der Waals surface area contributed by atoms with E-state index in [-0.39, 0.29) is 5.97 Å². The van der Waals surface area contributed by atoms with Gasteiger partial charge in [-0.2, -0.15) is 0 Å². The van der Waals surface area contributed by atoms with Crippen molar-refractivity contribution in [2.75, 3.05) is 6.61 Å². The Labute approximate surface area is 116 Å². The minimum absolute atomic E-state index is 0.253. The molecule has 4 rings (SSSR count). The first-order valence-electron chi connectivity index (χ1n) is 6.61. The third kappa shape index (κ3) is 1.62. The maximum Gasteiger partial charge on any atom is 0.331 e. The van der Waals surface area contributed by atoms with Crippen molar-refractivity contribution in [3.05, 3.63) is 66.2 Å². The van der Waals surface area contributed by atoms with Crippen LogP contribution >= 0.6 is 0 Å². The largest absolute Gasteiger partial charge is 0.458 e. The lowest BCUT2D eigenvalue weighted by Crippen LogP contribution is -1.92. The molecule has 2 heteroatoms. The summed E-state index contributed by atoms with van der Waals surface area (Å²) in [4.78, 5) is 11.3. The van der Waals surface area contributed by atoms with Crippen LogP contribution in [0.3, 0.4) is 0 Å². The van der Waals surface area contributed by atoms with Gasteiger partial charge in [-0.15, -0.1) is 0 Å². The fourth-order valence-electron chi connectivity index (χ4n) is 2.85. The predicted molar refractivity (Wildman–Crippen MR) is 80.4 cm³/mol. The van der Waals surface area contributed by atoms with Crippen LogP contribution in [0.2, 0.25) is 0 Å². The standard InChI is InChI=1S/C18H12O2/c19-18-10-13(11-20-18)17-9-12-5-1-2-6-14(12)15-7-3-4-8-16(15)17/h1-10H,11H2. The van der Waals surface area contributed by atoms with E-state index in [0.717, 1.165) is 16.5 Å². The van der Waals surface area contributed by atoms with Gasteiger partial charge in [0.15, 0.2) is 0 Å². The molecule has 0 bridgehead atoms. The number of ether oxygens (including phenoxy) is 1. The Hall–Kier alpha value is -2.61. The molecule has 0 saturated heterocycles. The van der Waals surface area contributed by atoms with Crippen molar-refractivity contribution in [1.82, 2.24) is 0 Å². The summed E-state index contributed by atoms with van der Waals surface area (Å²) >= 11 is 0. The lowest BCUT2D eigenvalue weighted by molar-refractivity contribution is -0.134. The van der Waals surface area contributed by atoms with Crippen molar-refractivity contribution < 1.29 is 9.53 Å². The van der Waals surface area contributed by atoms with Gasteiger partial charge in [0.1, 0.15) is 6.61 Å². The lowest BCUT2D eigenvalue weighted by atomic mass is 9.93. The van der Waals surface area contributed by atoms with Crippen molar-refractivity contribution in [2.45, 2.75) is 0 Å². The van der Waals surface area contributed by atoms with Crippen molar-refractivity contribution in [3.63, 3.8) is 0 Å². The quantitative estimate of drug-likeness (QED) is 0.489. The fourth-order valence-corrected chi connectivity index (χ4v) is 2.85. The van der Waals surface area contributed by atoms with Crippen molar-refractivity contribution in [3.8, 4) is 0 Å². The fraction of sp³-hybridized carbons (Fsp3) is 0.0556. The van der Waals surface area contributed by atoms with E-state index in [2.05, 4.69) is 36.4 Å². The number of hydrogen-bond donors (Lipinski definition) is 0. The SMILES string of the molecule is O=C1C=C(c2cc3ccccc3c3ccccc23)CO1. The van der Waals surface area contributed by atoms with Gasteiger partial charge in [-0.25, -0.2) is 4.79 Å². The zero-order valence-corrected chi connectivity index (χ0v) is 10.8. The minimum atomic E-state index is -0.253. The molecule has 2 nitrogen and oxygen atoms in total. The van der Waals surface area contributed by atoms with E-state index in [9.17, 15) is 4.79 Å². The molecule has 0 aliphatic carbocycles.